The van der Waals surface area contributed by atoms with Gasteiger partial charge in [0.1, 0.15) is 0 Å². The van der Waals surface area contributed by atoms with Crippen LogP contribution in [0.1, 0.15) is 13.3 Å². The van der Waals surface area contributed by atoms with Crippen molar-refractivity contribution in [1.82, 2.24) is 4.31 Å². The van der Waals surface area contributed by atoms with Gasteiger partial charge in [-0.2, -0.15) is 0 Å². The maximum absolute atomic E-state index is 12.1. The molecule has 0 radical (unpaired) electrons. The Morgan fingerprint density at radius 3 is 2.71 bits per heavy atom. The zero-order chi connectivity index (χ0) is 15.6. The van der Waals surface area contributed by atoms with Crippen molar-refractivity contribution in [2.75, 3.05) is 44.4 Å². The summed E-state index contributed by atoms with van der Waals surface area (Å²) >= 11 is 0. The Labute approximate surface area is 126 Å². The Kier molecular flexibility index (Phi) is 4.75. The summed E-state index contributed by atoms with van der Waals surface area (Å²) in [5.41, 5.74) is 7.42. The van der Waals surface area contributed by atoms with E-state index in [1.165, 1.54) is 24.5 Å². The molecule has 0 bridgehead atoms. The van der Waals surface area contributed by atoms with E-state index in [0.717, 1.165) is 31.8 Å². The SMILES string of the molecule is CC1CN(c2ccc(S(=O)(=O)N(C)C)cc2N)CCCO1. The molecular weight excluding hydrogens is 290 g/mol. The topological polar surface area (TPSA) is 75.9 Å². The number of rotatable bonds is 3. The number of nitrogens with two attached hydrogens (primary N) is 1. The van der Waals surface area contributed by atoms with E-state index in [-0.39, 0.29) is 11.0 Å². The summed E-state index contributed by atoms with van der Waals surface area (Å²) in [5.74, 6) is 0. The van der Waals surface area contributed by atoms with Crippen molar-refractivity contribution in [1.29, 1.82) is 0 Å². The molecule has 21 heavy (non-hydrogen) atoms. The highest BCUT2D eigenvalue weighted by molar-refractivity contribution is 7.89. The average Bonchev–Trinajstić information content (AvgIpc) is 2.63. The maximum Gasteiger partial charge on any atom is 0.242 e. The van der Waals surface area contributed by atoms with E-state index >= 15 is 0 Å². The lowest BCUT2D eigenvalue weighted by Gasteiger charge is -2.26. The molecule has 0 saturated carbocycles. The molecule has 0 amide bonds. The molecule has 1 atom stereocenters. The van der Waals surface area contributed by atoms with Crippen molar-refractivity contribution in [2.24, 2.45) is 0 Å². The van der Waals surface area contributed by atoms with Crippen LogP contribution < -0.4 is 10.6 Å². The fourth-order valence-corrected chi connectivity index (χ4v) is 3.34. The zero-order valence-electron chi connectivity index (χ0n) is 12.7. The molecule has 0 aliphatic carbocycles. The first-order valence-corrected chi connectivity index (χ1v) is 8.45. The average molecular weight is 313 g/mol. The minimum absolute atomic E-state index is 0.136. The maximum atomic E-state index is 12.1. The fourth-order valence-electron chi connectivity index (χ4n) is 2.40. The van der Waals surface area contributed by atoms with E-state index in [2.05, 4.69) is 4.90 Å². The number of nitrogens with zero attached hydrogens (tertiary/aromatic N) is 2. The number of benzene rings is 1. The summed E-state index contributed by atoms with van der Waals surface area (Å²) in [5, 5.41) is 0. The molecule has 0 spiro atoms. The molecule has 2 N–H and O–H groups in total. The Hall–Kier alpha value is -1.31. The van der Waals surface area contributed by atoms with Crippen molar-refractivity contribution in [3.63, 3.8) is 0 Å². The van der Waals surface area contributed by atoms with Crippen LogP contribution in [0.2, 0.25) is 0 Å². The van der Waals surface area contributed by atoms with Gasteiger partial charge in [0.25, 0.3) is 0 Å². The summed E-state index contributed by atoms with van der Waals surface area (Å²) < 4.78 is 31.0. The Bertz CT molecular complexity index is 601. The third-order valence-corrected chi connectivity index (χ3v) is 5.38. The van der Waals surface area contributed by atoms with Crippen LogP contribution in [0.5, 0.6) is 0 Å². The minimum Gasteiger partial charge on any atom is -0.397 e. The molecule has 2 rings (SSSR count). The summed E-state index contributed by atoms with van der Waals surface area (Å²) in [6.45, 7) is 4.38. The van der Waals surface area contributed by atoms with Gasteiger partial charge < -0.3 is 15.4 Å². The smallest absolute Gasteiger partial charge is 0.242 e. The Morgan fingerprint density at radius 1 is 1.38 bits per heavy atom. The Balaban J connectivity index is 2.31. The van der Waals surface area contributed by atoms with E-state index in [1.807, 2.05) is 6.92 Å². The molecule has 1 aromatic rings. The summed E-state index contributed by atoms with van der Waals surface area (Å²) in [7, 11) is -0.440. The second-order valence-corrected chi connectivity index (χ2v) is 7.64. The van der Waals surface area contributed by atoms with Gasteiger partial charge in [0.15, 0.2) is 0 Å². The van der Waals surface area contributed by atoms with Crippen molar-refractivity contribution < 1.29 is 13.2 Å². The summed E-state index contributed by atoms with van der Waals surface area (Å²) in [6, 6.07) is 4.92. The predicted octanol–water partition coefficient (Wildman–Crippen LogP) is 1.13. The molecule has 0 aromatic heterocycles. The quantitative estimate of drug-likeness (QED) is 0.847. The monoisotopic (exact) mass is 313 g/mol. The lowest BCUT2D eigenvalue weighted by molar-refractivity contribution is 0.0821. The highest BCUT2D eigenvalue weighted by atomic mass is 32.2. The van der Waals surface area contributed by atoms with Crippen LogP contribution in [0.25, 0.3) is 0 Å². The van der Waals surface area contributed by atoms with Gasteiger partial charge in [-0.15, -0.1) is 0 Å². The molecule has 7 heteroatoms. The van der Waals surface area contributed by atoms with Crippen LogP contribution in [0.3, 0.4) is 0 Å². The third-order valence-electron chi connectivity index (χ3n) is 3.57. The Morgan fingerprint density at radius 2 is 2.10 bits per heavy atom. The van der Waals surface area contributed by atoms with Gasteiger partial charge in [-0.3, -0.25) is 0 Å². The number of sulfonamides is 1. The lowest BCUT2D eigenvalue weighted by Crippen LogP contribution is -2.31. The number of nitrogen functional groups attached to an aromatic ring is 1. The summed E-state index contributed by atoms with van der Waals surface area (Å²) in [4.78, 5) is 2.37. The number of hydrogen-bond donors (Lipinski definition) is 1. The van der Waals surface area contributed by atoms with E-state index in [0.29, 0.717) is 5.69 Å². The van der Waals surface area contributed by atoms with Crippen LogP contribution in [0, 0.1) is 0 Å². The molecular formula is C14H23N3O3S. The van der Waals surface area contributed by atoms with E-state index in [4.69, 9.17) is 10.5 Å². The van der Waals surface area contributed by atoms with Crippen LogP contribution >= 0.6 is 0 Å². The molecule has 6 nitrogen and oxygen atoms in total. The predicted molar refractivity (Wildman–Crippen MR) is 84.0 cm³/mol. The van der Waals surface area contributed by atoms with Gasteiger partial charge in [-0.25, -0.2) is 12.7 Å². The largest absolute Gasteiger partial charge is 0.397 e. The van der Waals surface area contributed by atoms with E-state index in [1.54, 1.807) is 12.1 Å². The first-order valence-electron chi connectivity index (χ1n) is 7.01. The molecule has 1 heterocycles. The van der Waals surface area contributed by atoms with Crippen molar-refractivity contribution in [3.8, 4) is 0 Å². The highest BCUT2D eigenvalue weighted by Gasteiger charge is 2.21. The minimum atomic E-state index is -3.45. The van der Waals surface area contributed by atoms with Crippen molar-refractivity contribution in [3.05, 3.63) is 18.2 Å². The second-order valence-electron chi connectivity index (χ2n) is 5.49. The number of anilines is 2. The summed E-state index contributed by atoms with van der Waals surface area (Å²) in [6.07, 6.45) is 1.07. The zero-order valence-corrected chi connectivity index (χ0v) is 13.6. The molecule has 118 valence electrons. The molecule has 1 aromatic carbocycles. The number of ether oxygens (including phenoxy) is 1. The van der Waals surface area contributed by atoms with Gasteiger partial charge in [-0.1, -0.05) is 0 Å². The van der Waals surface area contributed by atoms with Crippen LogP contribution in [0.15, 0.2) is 23.1 Å². The molecule has 1 aliphatic heterocycles. The van der Waals surface area contributed by atoms with Crippen LogP contribution in [-0.4, -0.2) is 52.6 Å². The van der Waals surface area contributed by atoms with Gasteiger partial charge in [0.05, 0.1) is 22.4 Å². The highest BCUT2D eigenvalue weighted by Crippen LogP contribution is 2.28. The van der Waals surface area contributed by atoms with Gasteiger partial charge >= 0.3 is 0 Å². The lowest BCUT2D eigenvalue weighted by atomic mass is 10.2. The van der Waals surface area contributed by atoms with Gasteiger partial charge in [-0.05, 0) is 31.5 Å². The molecule has 1 aliphatic rings. The first-order chi connectivity index (χ1) is 9.82. The van der Waals surface area contributed by atoms with Crippen molar-refractivity contribution in [2.45, 2.75) is 24.3 Å². The third kappa shape index (κ3) is 3.48. The van der Waals surface area contributed by atoms with Crippen LogP contribution in [-0.2, 0) is 14.8 Å². The van der Waals surface area contributed by atoms with Crippen molar-refractivity contribution >= 4 is 21.4 Å². The second kappa shape index (κ2) is 6.21. The van der Waals surface area contributed by atoms with Crippen LogP contribution in [0.4, 0.5) is 11.4 Å². The normalized spacial score (nSPS) is 20.6. The van der Waals surface area contributed by atoms with E-state index < -0.39 is 10.0 Å². The first kappa shape index (κ1) is 16.1. The molecule has 1 fully saturated rings. The molecule has 1 saturated heterocycles. The molecule has 1 unspecified atom stereocenters. The van der Waals surface area contributed by atoms with Gasteiger partial charge in [0, 0.05) is 33.8 Å². The van der Waals surface area contributed by atoms with Gasteiger partial charge in [0.2, 0.25) is 10.0 Å². The number of hydrogen-bond acceptors (Lipinski definition) is 5. The standard InChI is InChI=1S/C14H23N3O3S/c1-11-10-17(7-4-8-20-11)14-6-5-12(9-13(14)15)21(18,19)16(2)3/h5-6,9,11H,4,7-8,10,15H2,1-3H3. The fraction of sp³-hybridized carbons (Fsp3) is 0.571. The van der Waals surface area contributed by atoms with E-state index in [9.17, 15) is 8.42 Å².